The van der Waals surface area contributed by atoms with Crippen LogP contribution in [0.25, 0.3) is 0 Å². The third-order valence-corrected chi connectivity index (χ3v) is 3.10. The maximum absolute atomic E-state index is 11.6. The van der Waals surface area contributed by atoms with E-state index >= 15 is 0 Å². The summed E-state index contributed by atoms with van der Waals surface area (Å²) in [7, 11) is 0. The number of urea groups is 1. The summed E-state index contributed by atoms with van der Waals surface area (Å²) in [6.07, 6.45) is 3.34. The largest absolute Gasteiger partial charge is 0.480 e. The van der Waals surface area contributed by atoms with Crippen LogP contribution >= 0.6 is 0 Å². The summed E-state index contributed by atoms with van der Waals surface area (Å²) in [6.45, 7) is 2.92. The first kappa shape index (κ1) is 16.4. The van der Waals surface area contributed by atoms with E-state index < -0.39 is 18.0 Å². The molecule has 0 aromatic rings. The molecule has 114 valence electrons. The highest BCUT2D eigenvalue weighted by Gasteiger charge is 2.32. The molecule has 1 rings (SSSR count). The molecule has 0 aromatic heterocycles. The number of carbonyl (C=O) groups excluding carboxylic acids is 1. The summed E-state index contributed by atoms with van der Waals surface area (Å²) >= 11 is 0. The van der Waals surface area contributed by atoms with Crippen molar-refractivity contribution in [3.05, 3.63) is 0 Å². The average Bonchev–Trinajstić information content (AvgIpc) is 3.12. The lowest BCUT2D eigenvalue weighted by Gasteiger charge is -2.15. The molecule has 2 amide bonds. The van der Waals surface area contributed by atoms with Crippen molar-refractivity contribution in [2.24, 2.45) is 16.0 Å². The van der Waals surface area contributed by atoms with Crippen LogP contribution in [-0.2, 0) is 4.79 Å². The Kier molecular flexibility index (Phi) is 6.37. The second kappa shape index (κ2) is 7.78. The van der Waals surface area contributed by atoms with Crippen LogP contribution in [0.4, 0.5) is 4.79 Å². The second-order valence-corrected chi connectivity index (χ2v) is 5.10. The Morgan fingerprint density at radius 3 is 2.55 bits per heavy atom. The van der Waals surface area contributed by atoms with Gasteiger partial charge in [-0.15, -0.1) is 0 Å². The first-order valence-electron chi connectivity index (χ1n) is 6.88. The summed E-state index contributed by atoms with van der Waals surface area (Å²) in [5.41, 5.74) is 5.09. The minimum Gasteiger partial charge on any atom is -0.480 e. The highest BCUT2D eigenvalue weighted by atomic mass is 16.4. The number of nitrogens with zero attached hydrogens (tertiary/aromatic N) is 2. The number of hydrogen-bond donors (Lipinski definition) is 4. The number of nitrogens with one attached hydrogen (secondary N) is 2. The first-order chi connectivity index (χ1) is 9.47. The molecule has 0 spiro atoms. The first-order valence-corrected chi connectivity index (χ1v) is 6.88. The van der Waals surface area contributed by atoms with E-state index in [0.717, 1.165) is 19.3 Å². The molecule has 8 heteroatoms. The topological polar surface area (TPSA) is 129 Å². The van der Waals surface area contributed by atoms with Gasteiger partial charge in [-0.2, -0.15) is 10.2 Å². The minimum absolute atomic E-state index is 0.260. The SMILES string of the molecule is CC1(CCCNC(=O)N[C@@H](CCCCN)C(=O)O)N=N1. The van der Waals surface area contributed by atoms with Crippen molar-refractivity contribution < 1.29 is 14.7 Å². The monoisotopic (exact) mass is 285 g/mol. The Bertz CT molecular complexity index is 366. The van der Waals surface area contributed by atoms with E-state index in [-0.39, 0.29) is 5.66 Å². The minimum atomic E-state index is -1.03. The Hall–Kier alpha value is -1.70. The van der Waals surface area contributed by atoms with Crippen LogP contribution in [-0.4, -0.2) is 41.9 Å². The zero-order valence-corrected chi connectivity index (χ0v) is 11.8. The van der Waals surface area contributed by atoms with Crippen LogP contribution in [0.2, 0.25) is 0 Å². The van der Waals surface area contributed by atoms with Crippen LogP contribution in [0.3, 0.4) is 0 Å². The molecule has 0 aliphatic carbocycles. The second-order valence-electron chi connectivity index (χ2n) is 5.10. The molecule has 0 saturated heterocycles. The number of hydrogen-bond acceptors (Lipinski definition) is 5. The molecule has 0 radical (unpaired) electrons. The van der Waals surface area contributed by atoms with Gasteiger partial charge < -0.3 is 21.5 Å². The van der Waals surface area contributed by atoms with Crippen LogP contribution in [0.5, 0.6) is 0 Å². The molecule has 0 saturated carbocycles. The average molecular weight is 285 g/mol. The van der Waals surface area contributed by atoms with Crippen molar-refractivity contribution in [1.82, 2.24) is 10.6 Å². The van der Waals surface area contributed by atoms with Gasteiger partial charge >= 0.3 is 12.0 Å². The van der Waals surface area contributed by atoms with Crippen molar-refractivity contribution in [2.75, 3.05) is 13.1 Å². The third kappa shape index (κ3) is 6.46. The normalized spacial score (nSPS) is 16.5. The van der Waals surface area contributed by atoms with Crippen molar-refractivity contribution in [3.8, 4) is 0 Å². The Morgan fingerprint density at radius 2 is 2.00 bits per heavy atom. The lowest BCUT2D eigenvalue weighted by Crippen LogP contribution is -2.46. The molecule has 20 heavy (non-hydrogen) atoms. The highest BCUT2D eigenvalue weighted by molar-refractivity contribution is 5.82. The predicted molar refractivity (Wildman–Crippen MR) is 73.4 cm³/mol. The highest BCUT2D eigenvalue weighted by Crippen LogP contribution is 2.31. The summed E-state index contributed by atoms with van der Waals surface area (Å²) in [4.78, 5) is 22.6. The fourth-order valence-electron chi connectivity index (χ4n) is 1.77. The molecular formula is C12H23N5O3. The van der Waals surface area contributed by atoms with Crippen molar-refractivity contribution in [2.45, 2.75) is 50.7 Å². The summed E-state index contributed by atoms with van der Waals surface area (Å²) in [5.74, 6) is -1.03. The van der Waals surface area contributed by atoms with Crippen molar-refractivity contribution in [1.29, 1.82) is 0 Å². The summed E-state index contributed by atoms with van der Waals surface area (Å²) in [6, 6.07) is -1.33. The molecule has 8 nitrogen and oxygen atoms in total. The van der Waals surface area contributed by atoms with Crippen molar-refractivity contribution >= 4 is 12.0 Å². The van der Waals surface area contributed by atoms with E-state index in [1.54, 1.807) is 0 Å². The maximum atomic E-state index is 11.6. The van der Waals surface area contributed by atoms with Gasteiger partial charge in [0.25, 0.3) is 0 Å². The number of nitrogens with two attached hydrogens (primary N) is 1. The molecular weight excluding hydrogens is 262 g/mol. The van der Waals surface area contributed by atoms with Gasteiger partial charge in [-0.1, -0.05) is 0 Å². The van der Waals surface area contributed by atoms with Crippen LogP contribution < -0.4 is 16.4 Å². The Morgan fingerprint density at radius 1 is 1.30 bits per heavy atom. The van der Waals surface area contributed by atoms with Gasteiger partial charge in [0.2, 0.25) is 0 Å². The van der Waals surface area contributed by atoms with Crippen LogP contribution in [0.1, 0.15) is 39.0 Å². The van der Waals surface area contributed by atoms with Crippen molar-refractivity contribution in [3.63, 3.8) is 0 Å². The summed E-state index contributed by atoms with van der Waals surface area (Å²) in [5, 5.41) is 21.8. The van der Waals surface area contributed by atoms with E-state index in [2.05, 4.69) is 20.9 Å². The molecule has 1 atom stereocenters. The van der Waals surface area contributed by atoms with E-state index in [1.807, 2.05) is 6.92 Å². The third-order valence-electron chi connectivity index (χ3n) is 3.10. The Balaban J connectivity index is 2.14. The van der Waals surface area contributed by atoms with Gasteiger partial charge in [0.1, 0.15) is 6.04 Å². The molecule has 0 aromatic carbocycles. The van der Waals surface area contributed by atoms with E-state index in [4.69, 9.17) is 10.8 Å². The van der Waals surface area contributed by atoms with Gasteiger partial charge in [0, 0.05) is 6.54 Å². The quantitative estimate of drug-likeness (QED) is 0.443. The fourth-order valence-corrected chi connectivity index (χ4v) is 1.77. The van der Waals surface area contributed by atoms with Crippen LogP contribution in [0.15, 0.2) is 10.2 Å². The van der Waals surface area contributed by atoms with Gasteiger partial charge in [-0.3, -0.25) is 0 Å². The van der Waals surface area contributed by atoms with Gasteiger partial charge in [-0.25, -0.2) is 9.59 Å². The molecule has 0 fully saturated rings. The fraction of sp³-hybridized carbons (Fsp3) is 0.833. The zero-order chi connectivity index (χ0) is 15.0. The molecule has 1 aliphatic heterocycles. The number of carboxylic acid groups (broad SMARTS) is 1. The van der Waals surface area contributed by atoms with Gasteiger partial charge in [0.05, 0.1) is 0 Å². The van der Waals surface area contributed by atoms with E-state index in [0.29, 0.717) is 25.9 Å². The zero-order valence-electron chi connectivity index (χ0n) is 11.8. The van der Waals surface area contributed by atoms with Gasteiger partial charge in [-0.05, 0) is 45.6 Å². The van der Waals surface area contributed by atoms with E-state index in [9.17, 15) is 9.59 Å². The number of amides is 2. The standard InChI is InChI=1S/C12H23N5O3/c1-12(16-17-12)6-4-8-14-11(20)15-9(10(18)19)5-2-3-7-13/h9H,2-8,13H2,1H3,(H,18,19)(H2,14,15,20)/t9-/m0/s1. The number of unbranched alkanes of at least 4 members (excludes halogenated alkanes) is 1. The lowest BCUT2D eigenvalue weighted by molar-refractivity contribution is -0.139. The molecule has 1 heterocycles. The smallest absolute Gasteiger partial charge is 0.326 e. The number of carbonyl (C=O) groups is 2. The Labute approximate surface area is 118 Å². The lowest BCUT2D eigenvalue weighted by atomic mass is 10.1. The molecule has 5 N–H and O–H groups in total. The summed E-state index contributed by atoms with van der Waals surface area (Å²) < 4.78 is 0. The maximum Gasteiger partial charge on any atom is 0.326 e. The van der Waals surface area contributed by atoms with E-state index in [1.165, 1.54) is 0 Å². The molecule has 1 aliphatic rings. The molecule has 0 unspecified atom stereocenters. The number of rotatable bonds is 10. The van der Waals surface area contributed by atoms with Gasteiger partial charge in [0.15, 0.2) is 5.66 Å². The molecule has 0 bridgehead atoms. The number of aliphatic carboxylic acids is 1. The number of carboxylic acids is 1. The predicted octanol–water partition coefficient (Wildman–Crippen LogP) is 0.830. The van der Waals surface area contributed by atoms with Crippen LogP contribution in [0, 0.1) is 0 Å².